The van der Waals surface area contributed by atoms with Gasteiger partial charge in [0.1, 0.15) is 5.75 Å². The highest BCUT2D eigenvalue weighted by Gasteiger charge is 2.31. The van der Waals surface area contributed by atoms with Crippen LogP contribution in [0, 0.1) is 6.92 Å². The zero-order valence-corrected chi connectivity index (χ0v) is 13.0. The van der Waals surface area contributed by atoms with Gasteiger partial charge in [-0.15, -0.1) is 0 Å². The van der Waals surface area contributed by atoms with Crippen LogP contribution >= 0.6 is 0 Å². The third-order valence-electron chi connectivity index (χ3n) is 4.32. The first kappa shape index (κ1) is 13.8. The molecule has 1 aliphatic heterocycles. The zero-order valence-electron chi connectivity index (χ0n) is 13.0. The maximum absolute atomic E-state index is 12.9. The Morgan fingerprint density at radius 3 is 2.83 bits per heavy atom. The molecule has 2 heterocycles. The van der Waals surface area contributed by atoms with Crippen LogP contribution in [0.5, 0.6) is 5.75 Å². The van der Waals surface area contributed by atoms with Gasteiger partial charge < -0.3 is 9.64 Å². The maximum Gasteiger partial charge on any atom is 0.259 e. The van der Waals surface area contributed by atoms with Gasteiger partial charge in [0.25, 0.3) is 5.91 Å². The van der Waals surface area contributed by atoms with E-state index in [-0.39, 0.29) is 5.91 Å². The number of amides is 1. The number of methoxy groups -OCH3 is 1. The Hall–Kier alpha value is -2.88. The van der Waals surface area contributed by atoms with E-state index in [1.54, 1.807) is 18.2 Å². The van der Waals surface area contributed by atoms with Crippen LogP contribution in [0.25, 0.3) is 10.9 Å². The molecule has 4 heteroatoms. The molecule has 114 valence electrons. The highest BCUT2D eigenvalue weighted by atomic mass is 16.5. The fraction of sp³-hybridized carbons (Fsp3) is 0.158. The lowest BCUT2D eigenvalue weighted by Gasteiger charge is -2.17. The van der Waals surface area contributed by atoms with Crippen LogP contribution in [0.2, 0.25) is 0 Å². The van der Waals surface area contributed by atoms with Gasteiger partial charge in [0.15, 0.2) is 0 Å². The van der Waals surface area contributed by atoms with Gasteiger partial charge in [-0.3, -0.25) is 9.78 Å². The number of aromatic nitrogens is 1. The standard InChI is InChI=1S/C19H16N2O2/c1-12-9-15(23-2)10-14-11-21(19(22)17(12)14)16-7-3-5-13-6-4-8-20-18(13)16/h3-10H,11H2,1-2H3. The monoisotopic (exact) mass is 304 g/mol. The topological polar surface area (TPSA) is 42.4 Å². The summed E-state index contributed by atoms with van der Waals surface area (Å²) in [4.78, 5) is 19.2. The van der Waals surface area contributed by atoms with Crippen molar-refractivity contribution >= 4 is 22.5 Å². The Bertz CT molecular complexity index is 929. The molecular formula is C19H16N2O2. The van der Waals surface area contributed by atoms with Crippen molar-refractivity contribution in [1.29, 1.82) is 0 Å². The molecule has 1 amide bonds. The van der Waals surface area contributed by atoms with Crippen LogP contribution in [0.1, 0.15) is 21.5 Å². The molecule has 1 aliphatic rings. The number of para-hydroxylation sites is 1. The van der Waals surface area contributed by atoms with Crippen LogP contribution < -0.4 is 9.64 Å². The molecule has 0 N–H and O–H groups in total. The van der Waals surface area contributed by atoms with Crippen LogP contribution in [0.15, 0.2) is 48.7 Å². The van der Waals surface area contributed by atoms with E-state index >= 15 is 0 Å². The van der Waals surface area contributed by atoms with Crippen molar-refractivity contribution in [2.45, 2.75) is 13.5 Å². The average molecular weight is 304 g/mol. The van der Waals surface area contributed by atoms with Gasteiger partial charge in [-0.25, -0.2) is 0 Å². The minimum atomic E-state index is 0.0262. The van der Waals surface area contributed by atoms with Crippen molar-refractivity contribution in [2.24, 2.45) is 0 Å². The van der Waals surface area contributed by atoms with Gasteiger partial charge in [-0.2, -0.15) is 0 Å². The van der Waals surface area contributed by atoms with E-state index in [4.69, 9.17) is 4.74 Å². The predicted octanol–water partition coefficient (Wildman–Crippen LogP) is 3.71. The molecule has 0 saturated heterocycles. The lowest BCUT2D eigenvalue weighted by molar-refractivity contribution is 0.0996. The molecule has 0 fully saturated rings. The lowest BCUT2D eigenvalue weighted by Crippen LogP contribution is -2.23. The first-order chi connectivity index (χ1) is 11.2. The quantitative estimate of drug-likeness (QED) is 0.725. The molecule has 4 nitrogen and oxygen atoms in total. The molecule has 0 bridgehead atoms. The summed E-state index contributed by atoms with van der Waals surface area (Å²) in [6.45, 7) is 2.49. The summed E-state index contributed by atoms with van der Waals surface area (Å²) in [6, 6.07) is 13.7. The molecule has 0 radical (unpaired) electrons. The molecule has 23 heavy (non-hydrogen) atoms. The van der Waals surface area contributed by atoms with E-state index < -0.39 is 0 Å². The van der Waals surface area contributed by atoms with Crippen LogP contribution in [-0.2, 0) is 6.54 Å². The van der Waals surface area contributed by atoms with Crippen molar-refractivity contribution in [3.05, 3.63) is 65.4 Å². The summed E-state index contributed by atoms with van der Waals surface area (Å²) in [5.41, 5.74) is 4.42. The summed E-state index contributed by atoms with van der Waals surface area (Å²) >= 11 is 0. The van der Waals surface area contributed by atoms with Crippen LogP contribution in [-0.4, -0.2) is 18.0 Å². The van der Waals surface area contributed by atoms with Gasteiger partial charge in [-0.05, 0) is 42.3 Å². The molecule has 0 aliphatic carbocycles. The minimum absolute atomic E-state index is 0.0262. The molecular weight excluding hydrogens is 288 g/mol. The highest BCUT2D eigenvalue weighted by Crippen LogP contribution is 2.35. The van der Waals surface area contributed by atoms with Crippen molar-refractivity contribution in [1.82, 2.24) is 4.98 Å². The van der Waals surface area contributed by atoms with E-state index in [1.165, 1.54) is 0 Å². The summed E-state index contributed by atoms with van der Waals surface area (Å²) in [5.74, 6) is 0.810. The summed E-state index contributed by atoms with van der Waals surface area (Å²) in [7, 11) is 1.64. The van der Waals surface area contributed by atoms with E-state index in [2.05, 4.69) is 4.98 Å². The van der Waals surface area contributed by atoms with Gasteiger partial charge in [0, 0.05) is 17.1 Å². The van der Waals surface area contributed by atoms with Crippen LogP contribution in [0.3, 0.4) is 0 Å². The van der Waals surface area contributed by atoms with Gasteiger partial charge in [0.05, 0.1) is 24.9 Å². The Morgan fingerprint density at radius 1 is 1.17 bits per heavy atom. The summed E-state index contributed by atoms with van der Waals surface area (Å²) in [6.07, 6.45) is 1.76. The Kier molecular flexibility index (Phi) is 3.05. The minimum Gasteiger partial charge on any atom is -0.497 e. The highest BCUT2D eigenvalue weighted by molar-refractivity contribution is 6.14. The van der Waals surface area contributed by atoms with E-state index in [9.17, 15) is 4.79 Å². The number of fused-ring (bicyclic) bond motifs is 2. The number of hydrogen-bond acceptors (Lipinski definition) is 3. The Morgan fingerprint density at radius 2 is 2.00 bits per heavy atom. The molecule has 1 aromatic heterocycles. The first-order valence-corrected chi connectivity index (χ1v) is 7.52. The number of carbonyl (C=O) groups is 1. The third kappa shape index (κ3) is 2.06. The zero-order chi connectivity index (χ0) is 16.0. The normalized spacial score (nSPS) is 13.5. The summed E-state index contributed by atoms with van der Waals surface area (Å²) < 4.78 is 5.32. The molecule has 0 spiro atoms. The van der Waals surface area contributed by atoms with E-state index in [0.717, 1.165) is 39.0 Å². The number of ether oxygens (including phenoxy) is 1. The number of hydrogen-bond donors (Lipinski definition) is 0. The predicted molar refractivity (Wildman–Crippen MR) is 90.0 cm³/mol. The fourth-order valence-corrected chi connectivity index (χ4v) is 3.25. The van der Waals surface area contributed by atoms with Crippen molar-refractivity contribution in [3.63, 3.8) is 0 Å². The second-order valence-corrected chi connectivity index (χ2v) is 5.72. The lowest BCUT2D eigenvalue weighted by atomic mass is 10.0. The van der Waals surface area contributed by atoms with Crippen molar-refractivity contribution in [3.8, 4) is 5.75 Å². The molecule has 0 unspecified atom stereocenters. The third-order valence-corrected chi connectivity index (χ3v) is 4.32. The molecule has 0 atom stereocenters. The Balaban J connectivity index is 1.86. The first-order valence-electron chi connectivity index (χ1n) is 7.52. The van der Waals surface area contributed by atoms with Gasteiger partial charge >= 0.3 is 0 Å². The average Bonchev–Trinajstić information content (AvgIpc) is 2.91. The molecule has 2 aromatic carbocycles. The number of aryl methyl sites for hydroxylation is 1. The second kappa shape index (κ2) is 5.09. The van der Waals surface area contributed by atoms with Gasteiger partial charge in [-0.1, -0.05) is 18.2 Å². The number of carbonyl (C=O) groups excluding carboxylic acids is 1. The number of pyridine rings is 1. The van der Waals surface area contributed by atoms with Crippen molar-refractivity contribution in [2.75, 3.05) is 12.0 Å². The van der Waals surface area contributed by atoms with Crippen molar-refractivity contribution < 1.29 is 9.53 Å². The Labute approximate surface area is 134 Å². The summed E-state index contributed by atoms with van der Waals surface area (Å²) in [5, 5.41) is 1.03. The van der Waals surface area contributed by atoms with E-state index in [0.29, 0.717) is 6.54 Å². The smallest absolute Gasteiger partial charge is 0.259 e. The fourth-order valence-electron chi connectivity index (χ4n) is 3.25. The largest absolute Gasteiger partial charge is 0.497 e. The van der Waals surface area contributed by atoms with Crippen LogP contribution in [0.4, 0.5) is 5.69 Å². The number of benzene rings is 2. The molecule has 4 rings (SSSR count). The number of rotatable bonds is 2. The van der Waals surface area contributed by atoms with Gasteiger partial charge in [0.2, 0.25) is 0 Å². The maximum atomic E-state index is 12.9. The van der Waals surface area contributed by atoms with E-state index in [1.807, 2.05) is 49.4 Å². The number of anilines is 1. The molecule has 0 saturated carbocycles. The SMILES string of the molecule is COc1cc(C)c2c(c1)CN(c1cccc3cccnc13)C2=O. The number of nitrogens with zero attached hydrogens (tertiary/aromatic N) is 2. The second-order valence-electron chi connectivity index (χ2n) is 5.72. The molecule has 3 aromatic rings.